The van der Waals surface area contributed by atoms with Crippen LogP contribution < -0.4 is 24.7 Å². The summed E-state index contributed by atoms with van der Waals surface area (Å²) in [5, 5.41) is 19.9. The van der Waals surface area contributed by atoms with Gasteiger partial charge in [0, 0.05) is 92.0 Å². The van der Waals surface area contributed by atoms with Crippen molar-refractivity contribution in [3.05, 3.63) is 278 Å². The lowest BCUT2D eigenvalue weighted by Crippen LogP contribution is -2.38. The second-order valence-corrected chi connectivity index (χ2v) is 35.5. The summed E-state index contributed by atoms with van der Waals surface area (Å²) in [6.45, 7) is 43.3. The number of aryl methyl sites for hydroxylation is 3. The zero-order chi connectivity index (χ0) is 91.3. The summed E-state index contributed by atoms with van der Waals surface area (Å²) < 4.78 is 95.3. The first-order chi connectivity index (χ1) is 56.7. The highest BCUT2D eigenvalue weighted by Gasteiger charge is 2.34. The molecular formula is C101H124Br2ClF5I2N4O7. The standard InChI is InChI=1S/C23H26FNO.2C13H14FN.C10H13IO.C9H11IO2.C9H12O2.C8H7Br2F.C8H9F.C5H9N.C2H5ClO.CH4/c1-16(2)26-22-13-18(10-9-17(22)3)11-12-23(4,5)25-14-19-7-6-8-21(24)20(19)15-25;2*1-4-13(2,3)15-8-10-6-5-7-12(14)11(10)9-15;1-7(2)12-10-6-9(11)5-4-8(10)3;1-6(2)12-9-5-7(10)3-4-8(9)11;1-7(2)11-9-6-4-3-5-8(9)10;9-4-6-2-1-3-8(11)7(6)5-10;1-6-4-3-5-8(9)7(6)2;1-4-5(2,3)6;1-4-2-3;/h6-10,13,16H,14-15H2,1-5H3;2*1,5-7H,8-9H2,2-3H3;4-7H,1-3H3;3-6,11H,1-2H3;3-7,10H,1-2H3;1-3H,4-5H2;3-5H,1-2H3;1H,6H2,2-3H3;2H2,1H3;1H4. The SMILES string of the molecule is C.C#CC(C)(C)N.C#CC(C)(C)N1Cc2cccc(F)c2C1.C#CC(C)(C)N1Cc2cccc(F)c2C1.CC(C)Oc1cc(I)ccc1O.CC(C)Oc1ccccc1O.COCCl.Cc1ccc(C#CC(C)(C)N2Cc3cccc(F)c3C2)cc1OC(C)C.Cc1ccc(I)cc1OC(C)C.Cc1cccc(F)c1C.Fc1cccc(CBr)c1CBr. The van der Waals surface area contributed by atoms with Crippen molar-refractivity contribution in [1.29, 1.82) is 0 Å². The van der Waals surface area contributed by atoms with Crippen LogP contribution in [0.5, 0.6) is 34.5 Å². The van der Waals surface area contributed by atoms with Gasteiger partial charge in [-0.15, -0.1) is 19.3 Å². The van der Waals surface area contributed by atoms with Gasteiger partial charge in [0.1, 0.15) is 46.7 Å². The van der Waals surface area contributed by atoms with Gasteiger partial charge >= 0.3 is 0 Å². The molecule has 0 saturated heterocycles. The number of phenols is 2. The molecule has 9 aromatic rings. The lowest BCUT2D eigenvalue weighted by molar-refractivity contribution is 0.170. The maximum atomic E-state index is 14.0. The number of hydrogen-bond donors (Lipinski definition) is 3. The van der Waals surface area contributed by atoms with Gasteiger partial charge in [0.05, 0.1) is 46.6 Å². The van der Waals surface area contributed by atoms with Gasteiger partial charge in [-0.25, -0.2) is 22.0 Å². The van der Waals surface area contributed by atoms with E-state index in [1.165, 1.54) is 39.5 Å². The third kappa shape index (κ3) is 38.3. The van der Waals surface area contributed by atoms with Gasteiger partial charge < -0.3 is 39.6 Å². The van der Waals surface area contributed by atoms with Crippen LogP contribution in [0.4, 0.5) is 22.0 Å². The number of fused-ring (bicyclic) bond motifs is 3. The number of hydrogen-bond acceptors (Lipinski definition) is 11. The van der Waals surface area contributed by atoms with Gasteiger partial charge in [-0.1, -0.05) is 165 Å². The second kappa shape index (κ2) is 54.2. The van der Waals surface area contributed by atoms with Crippen molar-refractivity contribution in [3.8, 4) is 83.4 Å². The summed E-state index contributed by atoms with van der Waals surface area (Å²) in [4.78, 5) is 6.44. The molecule has 4 N–H and O–H groups in total. The summed E-state index contributed by atoms with van der Waals surface area (Å²) in [5.74, 6) is 17.3. The van der Waals surface area contributed by atoms with Gasteiger partial charge in [0.15, 0.2) is 23.0 Å². The van der Waals surface area contributed by atoms with E-state index in [0.717, 1.165) is 101 Å². The lowest BCUT2D eigenvalue weighted by Gasteiger charge is -2.30. The minimum Gasteiger partial charge on any atom is -0.504 e. The molecule has 0 fully saturated rings. The number of nitrogens with zero attached hydrogens (tertiary/aromatic N) is 3. The van der Waals surface area contributed by atoms with E-state index in [4.69, 9.17) is 55.6 Å². The maximum absolute atomic E-state index is 14.0. The number of nitrogens with two attached hydrogens (primary N) is 1. The molecule has 0 aliphatic carbocycles. The third-order valence-electron chi connectivity index (χ3n) is 18.5. The van der Waals surface area contributed by atoms with Gasteiger partial charge in [-0.05, 0) is 313 Å². The van der Waals surface area contributed by atoms with Crippen molar-refractivity contribution < 1.29 is 55.8 Å². The molecule has 0 amide bonds. The molecule has 11 nitrogen and oxygen atoms in total. The predicted octanol–water partition coefficient (Wildman–Crippen LogP) is 26.4. The van der Waals surface area contributed by atoms with Crippen LogP contribution in [0.25, 0.3) is 0 Å². The fourth-order valence-corrected chi connectivity index (χ4v) is 13.1. The molecule has 9 aromatic carbocycles. The molecule has 0 aromatic heterocycles. The molecule has 0 saturated carbocycles. The Morgan fingerprint density at radius 3 is 1.19 bits per heavy atom. The highest BCUT2D eigenvalue weighted by Crippen LogP contribution is 2.35. The number of methoxy groups -OCH3 is 1. The smallest absolute Gasteiger partial charge is 0.162 e. The normalized spacial score (nSPS) is 12.3. The molecule has 21 heteroatoms. The summed E-state index contributed by atoms with van der Waals surface area (Å²) in [6.07, 6.45) is 16.5. The lowest BCUT2D eigenvalue weighted by atomic mass is 10.0. The van der Waals surface area contributed by atoms with Crippen LogP contribution in [0.3, 0.4) is 0 Å². The first kappa shape index (κ1) is 110. The Kier molecular flexibility index (Phi) is 48.9. The topological polar surface area (TPSA) is 122 Å². The molecule has 0 spiro atoms. The van der Waals surface area contributed by atoms with E-state index in [1.54, 1.807) is 82.5 Å². The average molecular weight is 2050 g/mol. The van der Waals surface area contributed by atoms with E-state index < -0.39 is 5.54 Å². The Labute approximate surface area is 775 Å². The Morgan fingerprint density at radius 2 is 0.811 bits per heavy atom. The molecule has 122 heavy (non-hydrogen) atoms. The number of benzene rings is 9. The number of alkyl halides is 3. The maximum Gasteiger partial charge on any atom is 0.162 e. The van der Waals surface area contributed by atoms with Crippen molar-refractivity contribution in [2.24, 2.45) is 5.73 Å². The Balaban J connectivity index is 0.000000474. The van der Waals surface area contributed by atoms with Crippen molar-refractivity contribution in [3.63, 3.8) is 0 Å². The fraction of sp³-hybridized carbons (Fsp3) is 0.386. The van der Waals surface area contributed by atoms with Crippen molar-refractivity contribution in [1.82, 2.24) is 14.7 Å². The van der Waals surface area contributed by atoms with E-state index in [0.29, 0.717) is 47.9 Å². The molecule has 0 bridgehead atoms. The minimum absolute atomic E-state index is 0. The highest BCUT2D eigenvalue weighted by molar-refractivity contribution is 14.1. The molecule has 0 radical (unpaired) electrons. The van der Waals surface area contributed by atoms with E-state index in [-0.39, 0.29) is 89.0 Å². The zero-order valence-electron chi connectivity index (χ0n) is 73.7. The van der Waals surface area contributed by atoms with Crippen LogP contribution in [0, 0.1) is 113 Å². The monoisotopic (exact) mass is 2050 g/mol. The Morgan fingerprint density at radius 1 is 0.451 bits per heavy atom. The molecule has 3 aliphatic heterocycles. The second-order valence-electron chi connectivity index (χ2n) is 31.6. The number of phenolic OH excluding ortho intramolecular Hbond substituents is 2. The van der Waals surface area contributed by atoms with E-state index in [1.807, 2.05) is 164 Å². The Bertz CT molecular complexity index is 4780. The predicted molar refractivity (Wildman–Crippen MR) is 520 cm³/mol. The quantitative estimate of drug-likeness (QED) is 0.0417. The minimum atomic E-state index is -0.431. The molecular weight excluding hydrogens is 1930 g/mol. The first-order valence-corrected chi connectivity index (χ1v) is 44.4. The fourth-order valence-electron chi connectivity index (χ4n) is 11.1. The van der Waals surface area contributed by atoms with Crippen LogP contribution >= 0.6 is 88.6 Å². The van der Waals surface area contributed by atoms with Crippen LogP contribution in [-0.4, -0.2) is 84.7 Å². The third-order valence-corrected chi connectivity index (χ3v) is 21.2. The largest absolute Gasteiger partial charge is 0.504 e. The molecule has 3 heterocycles. The van der Waals surface area contributed by atoms with Crippen LogP contribution in [0.15, 0.2) is 170 Å². The number of terminal acetylenes is 3. The average Bonchev–Trinajstić information content (AvgIpc) is 1.66. The van der Waals surface area contributed by atoms with E-state index in [2.05, 4.69) is 165 Å². The van der Waals surface area contributed by atoms with Crippen molar-refractivity contribution >= 4 is 88.6 Å². The van der Waals surface area contributed by atoms with Gasteiger partial charge in [0.2, 0.25) is 0 Å². The zero-order valence-corrected chi connectivity index (χ0v) is 81.9. The summed E-state index contributed by atoms with van der Waals surface area (Å²) in [6, 6.07) is 50.8. The summed E-state index contributed by atoms with van der Waals surface area (Å²) in [7, 11) is 1.55. The van der Waals surface area contributed by atoms with Crippen LogP contribution in [-0.2, 0) is 54.7 Å². The number of ether oxygens (including phenoxy) is 5. The van der Waals surface area contributed by atoms with Crippen LogP contribution in [0.2, 0.25) is 0 Å². The molecule has 660 valence electrons. The van der Waals surface area contributed by atoms with Gasteiger partial charge in [0.25, 0.3) is 0 Å². The van der Waals surface area contributed by atoms with Crippen molar-refractivity contribution in [2.75, 3.05) is 13.2 Å². The Hall–Kier alpha value is -7.82. The number of rotatable bonds is 14. The molecule has 0 unspecified atom stereocenters. The number of aromatic hydroxyl groups is 2. The van der Waals surface area contributed by atoms with Crippen molar-refractivity contribution in [2.45, 2.75) is 242 Å². The number of para-hydroxylation sites is 2. The highest BCUT2D eigenvalue weighted by atomic mass is 127. The molecule has 3 aliphatic rings. The van der Waals surface area contributed by atoms with Crippen LogP contribution in [0.1, 0.15) is 191 Å². The summed E-state index contributed by atoms with van der Waals surface area (Å²) in [5.41, 5.74) is 16.2. The van der Waals surface area contributed by atoms with E-state index in [9.17, 15) is 32.2 Å². The molecule has 0 atom stereocenters. The van der Waals surface area contributed by atoms with Gasteiger partial charge in [-0.3, -0.25) is 14.7 Å². The number of halogens is 10. The van der Waals surface area contributed by atoms with E-state index >= 15 is 0 Å². The summed E-state index contributed by atoms with van der Waals surface area (Å²) >= 11 is 16.0. The molecule has 12 rings (SSSR count). The first-order valence-electron chi connectivity index (χ1n) is 39.5. The van der Waals surface area contributed by atoms with Gasteiger partial charge in [-0.2, -0.15) is 0 Å².